The van der Waals surface area contributed by atoms with Crippen LogP contribution in [0.5, 0.6) is 17.2 Å². The maximum absolute atomic E-state index is 13.3. The SMILES string of the molecule is COc1ccccc1Oc1c(Cl)nc(-c2ccncc2)nc1NS(=O)(=O)c1ccc(C(C)(C)C)cc1.[K]. The molecular formula is C26H25ClKN4O4S. The molecule has 0 aliphatic rings. The molecule has 11 heteroatoms. The number of anilines is 1. The Morgan fingerprint density at radius 1 is 0.892 bits per heavy atom. The van der Waals surface area contributed by atoms with Crippen molar-refractivity contribution in [3.05, 3.63) is 83.8 Å². The van der Waals surface area contributed by atoms with Crippen molar-refractivity contribution in [2.45, 2.75) is 31.1 Å². The summed E-state index contributed by atoms with van der Waals surface area (Å²) >= 11 is 6.51. The summed E-state index contributed by atoms with van der Waals surface area (Å²) in [5, 5.41) is -0.0801. The molecule has 0 amide bonds. The first-order valence-electron chi connectivity index (χ1n) is 11.0. The number of pyridine rings is 1. The molecule has 8 nitrogen and oxygen atoms in total. The Morgan fingerprint density at radius 3 is 2.11 bits per heavy atom. The van der Waals surface area contributed by atoms with Gasteiger partial charge in [0.25, 0.3) is 10.0 Å². The van der Waals surface area contributed by atoms with E-state index in [1.807, 2.05) is 0 Å². The van der Waals surface area contributed by atoms with Crippen LogP contribution in [0.3, 0.4) is 0 Å². The van der Waals surface area contributed by atoms with Gasteiger partial charge in [-0.25, -0.2) is 18.4 Å². The maximum atomic E-state index is 13.3. The number of hydrogen-bond acceptors (Lipinski definition) is 7. The zero-order chi connectivity index (χ0) is 25.9. The fourth-order valence-corrected chi connectivity index (χ4v) is 4.56. The van der Waals surface area contributed by atoms with Gasteiger partial charge < -0.3 is 9.47 Å². The van der Waals surface area contributed by atoms with Crippen LogP contribution in [0.4, 0.5) is 5.82 Å². The van der Waals surface area contributed by atoms with Crippen molar-refractivity contribution in [1.29, 1.82) is 0 Å². The molecule has 0 fully saturated rings. The van der Waals surface area contributed by atoms with E-state index in [9.17, 15) is 8.42 Å². The summed E-state index contributed by atoms with van der Waals surface area (Å²) in [6, 6.07) is 17.0. The number of rotatable bonds is 7. The van der Waals surface area contributed by atoms with Crippen LogP contribution in [0.25, 0.3) is 11.4 Å². The predicted octanol–water partition coefficient (Wildman–Crippen LogP) is 5.71. The number of hydrogen-bond donors (Lipinski definition) is 1. The second-order valence-electron chi connectivity index (χ2n) is 8.88. The van der Waals surface area contributed by atoms with Gasteiger partial charge in [0.2, 0.25) is 5.75 Å². The molecule has 1 N–H and O–H groups in total. The maximum Gasteiger partial charge on any atom is 0.263 e. The van der Waals surface area contributed by atoms with Crippen molar-refractivity contribution in [3.63, 3.8) is 0 Å². The second kappa shape index (κ2) is 12.2. The van der Waals surface area contributed by atoms with E-state index in [2.05, 4.69) is 40.4 Å². The average Bonchev–Trinajstić information content (AvgIpc) is 2.86. The first-order valence-corrected chi connectivity index (χ1v) is 12.9. The summed E-state index contributed by atoms with van der Waals surface area (Å²) in [6.07, 6.45) is 3.15. The van der Waals surface area contributed by atoms with Crippen molar-refractivity contribution < 1.29 is 17.9 Å². The first kappa shape index (κ1) is 29.5. The van der Waals surface area contributed by atoms with Crippen molar-refractivity contribution in [3.8, 4) is 28.6 Å². The van der Waals surface area contributed by atoms with Gasteiger partial charge in [-0.05, 0) is 47.4 Å². The van der Waals surface area contributed by atoms with Gasteiger partial charge >= 0.3 is 0 Å². The van der Waals surface area contributed by atoms with E-state index in [1.165, 1.54) is 7.11 Å². The zero-order valence-corrected chi connectivity index (χ0v) is 25.9. The normalized spacial score (nSPS) is 11.4. The van der Waals surface area contributed by atoms with Crippen molar-refractivity contribution >= 4 is 78.8 Å². The number of methoxy groups -OCH3 is 1. The molecule has 187 valence electrons. The predicted molar refractivity (Wildman–Crippen MR) is 145 cm³/mol. The molecule has 4 aromatic rings. The third-order valence-electron chi connectivity index (χ3n) is 5.31. The minimum absolute atomic E-state index is 0. The molecule has 2 aromatic heterocycles. The number of halogens is 1. The molecule has 0 unspecified atom stereocenters. The minimum Gasteiger partial charge on any atom is -0.493 e. The van der Waals surface area contributed by atoms with Crippen LogP contribution >= 0.6 is 11.6 Å². The van der Waals surface area contributed by atoms with Crippen molar-refractivity contribution in [1.82, 2.24) is 15.0 Å². The number of nitrogens with one attached hydrogen (secondary N) is 1. The molecule has 0 saturated heterocycles. The summed E-state index contributed by atoms with van der Waals surface area (Å²) in [4.78, 5) is 12.8. The monoisotopic (exact) mass is 563 g/mol. The minimum atomic E-state index is -4.04. The van der Waals surface area contributed by atoms with E-state index in [1.54, 1.807) is 73.1 Å². The second-order valence-corrected chi connectivity index (χ2v) is 10.9. The van der Waals surface area contributed by atoms with Crippen LogP contribution in [-0.2, 0) is 15.4 Å². The van der Waals surface area contributed by atoms with Gasteiger partial charge in [0.1, 0.15) is 0 Å². The molecular weight excluding hydrogens is 539 g/mol. The van der Waals surface area contributed by atoms with E-state index in [-0.39, 0.29) is 84.2 Å². The number of aromatic nitrogens is 3. The van der Waals surface area contributed by atoms with Gasteiger partial charge in [-0.1, -0.05) is 56.6 Å². The molecule has 4 rings (SSSR count). The number of para-hydroxylation sites is 2. The summed E-state index contributed by atoms with van der Waals surface area (Å²) in [6.45, 7) is 6.17. The Hall–Kier alpha value is -2.05. The van der Waals surface area contributed by atoms with Crippen LogP contribution in [-0.4, -0.2) is 81.9 Å². The van der Waals surface area contributed by atoms with Crippen LogP contribution in [0.1, 0.15) is 26.3 Å². The Balaban J connectivity index is 0.00000380. The van der Waals surface area contributed by atoms with Crippen molar-refractivity contribution in [2.75, 3.05) is 11.8 Å². The number of benzene rings is 2. The van der Waals surface area contributed by atoms with Gasteiger partial charge in [0.05, 0.1) is 12.0 Å². The van der Waals surface area contributed by atoms with E-state index in [0.29, 0.717) is 17.1 Å². The Kier molecular flexibility index (Phi) is 9.73. The van der Waals surface area contributed by atoms with E-state index in [0.717, 1.165) is 5.56 Å². The van der Waals surface area contributed by atoms with Gasteiger partial charge in [0, 0.05) is 69.3 Å². The van der Waals surface area contributed by atoms with Gasteiger partial charge in [0.15, 0.2) is 28.3 Å². The molecule has 37 heavy (non-hydrogen) atoms. The van der Waals surface area contributed by atoms with Crippen LogP contribution in [0.2, 0.25) is 5.15 Å². The summed E-state index contributed by atoms with van der Waals surface area (Å²) in [5.41, 5.74) is 1.49. The molecule has 0 saturated carbocycles. The van der Waals surface area contributed by atoms with Crippen LogP contribution in [0.15, 0.2) is 78.0 Å². The molecule has 0 atom stereocenters. The molecule has 1 radical (unpaired) electrons. The van der Waals surface area contributed by atoms with Gasteiger partial charge in [-0.3, -0.25) is 9.71 Å². The Morgan fingerprint density at radius 2 is 1.51 bits per heavy atom. The van der Waals surface area contributed by atoms with Gasteiger partial charge in [-0.15, -0.1) is 0 Å². The first-order chi connectivity index (χ1) is 17.1. The van der Waals surface area contributed by atoms with E-state index >= 15 is 0 Å². The summed E-state index contributed by atoms with van der Waals surface area (Å²) in [7, 11) is -2.55. The van der Waals surface area contributed by atoms with E-state index < -0.39 is 10.0 Å². The fraction of sp³-hybridized carbons (Fsp3) is 0.192. The quantitative estimate of drug-likeness (QED) is 0.227. The third-order valence-corrected chi connectivity index (χ3v) is 6.92. The molecule has 0 aliphatic carbocycles. The number of sulfonamides is 1. The van der Waals surface area contributed by atoms with E-state index in [4.69, 9.17) is 21.1 Å². The fourth-order valence-electron chi connectivity index (χ4n) is 3.35. The average molecular weight is 564 g/mol. The molecule has 0 spiro atoms. The smallest absolute Gasteiger partial charge is 0.263 e. The summed E-state index contributed by atoms with van der Waals surface area (Å²) < 4.78 is 40.5. The van der Waals surface area contributed by atoms with Gasteiger partial charge in [-0.2, -0.15) is 0 Å². The standard InChI is InChI=1S/C26H25ClN4O4S.K/c1-26(2,3)18-9-11-19(12-10-18)36(32,33)31-25-22(35-21-8-6-5-7-20(21)34-4)23(27)29-24(30-25)17-13-15-28-16-14-17;/h5-16H,1-4H3,(H,29,30,31);. The van der Waals surface area contributed by atoms with Crippen LogP contribution in [0, 0.1) is 0 Å². The van der Waals surface area contributed by atoms with Crippen LogP contribution < -0.4 is 14.2 Å². The molecule has 2 aromatic carbocycles. The molecule has 0 aliphatic heterocycles. The topological polar surface area (TPSA) is 103 Å². The Bertz CT molecular complexity index is 1480. The Labute approximate surface area is 264 Å². The zero-order valence-electron chi connectivity index (χ0n) is 21.2. The largest absolute Gasteiger partial charge is 0.493 e. The summed E-state index contributed by atoms with van der Waals surface area (Å²) in [5.74, 6) is 0.771. The number of ether oxygens (including phenoxy) is 2. The number of nitrogens with zero attached hydrogens (tertiary/aromatic N) is 3. The third kappa shape index (κ3) is 7.08. The van der Waals surface area contributed by atoms with Crippen molar-refractivity contribution in [2.24, 2.45) is 0 Å². The molecule has 2 heterocycles. The molecule has 0 bridgehead atoms.